The van der Waals surface area contributed by atoms with Crippen LogP contribution in [0.2, 0.25) is 0 Å². The molecule has 0 aliphatic rings. The molecule has 0 fully saturated rings. The van der Waals surface area contributed by atoms with Crippen molar-refractivity contribution in [1.29, 1.82) is 0 Å². The summed E-state index contributed by atoms with van der Waals surface area (Å²) in [6.45, 7) is 1.52. The first kappa shape index (κ1) is 25.0. The number of aromatic nitrogens is 3. The minimum Gasteiger partial charge on any atom is -0.418 e. The second-order valence-corrected chi connectivity index (χ2v) is 7.16. The molecule has 7 nitrogen and oxygen atoms in total. The number of benzene rings is 2. The average Bonchev–Trinajstić information content (AvgIpc) is 2.82. The number of nitrogens with zero attached hydrogens (tertiary/aromatic N) is 4. The predicted octanol–water partition coefficient (Wildman–Crippen LogP) is 4.32. The van der Waals surface area contributed by atoms with Crippen molar-refractivity contribution in [2.75, 3.05) is 23.9 Å². The Balaban J connectivity index is 2.01. The van der Waals surface area contributed by atoms with Gasteiger partial charge in [0.25, 0.3) is 0 Å². The summed E-state index contributed by atoms with van der Waals surface area (Å²) in [5, 5.41) is 12.2. The Hall–Kier alpha value is -3.61. The quantitative estimate of drug-likeness (QED) is 0.264. The minimum absolute atomic E-state index is 0.0837. The van der Waals surface area contributed by atoms with E-state index in [-0.39, 0.29) is 25.0 Å². The summed E-state index contributed by atoms with van der Waals surface area (Å²) in [5.74, 6) is -13.6. The van der Waals surface area contributed by atoms with E-state index in [1.807, 2.05) is 0 Å². The highest BCUT2D eigenvalue weighted by Gasteiger charge is 2.28. The lowest BCUT2D eigenvalue weighted by Crippen LogP contribution is -2.26. The van der Waals surface area contributed by atoms with Crippen molar-refractivity contribution in [2.45, 2.75) is 25.9 Å². The molecule has 0 unspecified atom stereocenters. The van der Waals surface area contributed by atoms with Crippen molar-refractivity contribution in [2.24, 2.45) is 0 Å². The highest BCUT2D eigenvalue weighted by Crippen LogP contribution is 2.32. The average molecular weight is 487 g/mol. The zero-order valence-electron chi connectivity index (χ0n) is 17.9. The minimum atomic E-state index is -2.34. The Morgan fingerprint density at radius 2 is 1.62 bits per heavy atom. The number of aliphatic hydroxyl groups is 1. The molecule has 0 amide bonds. The standard InChI is InChI=1S/C21H19F6N5O2/c1-3-12(9-33)28-19-29-20(32(2)8-10-5-4-6-11(22)7-10)31-21(30-19)34-18-16(26)14(24)13(23)15(25)17(18)27/h4-7,12,33H,3,8-9H2,1-2H3,(H,28,29,30,31)/t12-/m1/s1. The summed E-state index contributed by atoms with van der Waals surface area (Å²) in [4.78, 5) is 13.2. The lowest BCUT2D eigenvalue weighted by atomic mass is 10.2. The van der Waals surface area contributed by atoms with Crippen LogP contribution in [-0.4, -0.2) is 39.8 Å². The van der Waals surface area contributed by atoms with E-state index in [9.17, 15) is 31.4 Å². The van der Waals surface area contributed by atoms with Gasteiger partial charge in [0.2, 0.25) is 46.7 Å². The number of rotatable bonds is 9. The van der Waals surface area contributed by atoms with Crippen LogP contribution in [0.25, 0.3) is 0 Å². The van der Waals surface area contributed by atoms with Gasteiger partial charge in [0.1, 0.15) is 5.82 Å². The van der Waals surface area contributed by atoms with Crippen LogP contribution in [0.1, 0.15) is 18.9 Å². The molecule has 13 heteroatoms. The van der Waals surface area contributed by atoms with Crippen LogP contribution in [0.4, 0.5) is 38.2 Å². The van der Waals surface area contributed by atoms with Gasteiger partial charge in [-0.3, -0.25) is 0 Å². The first-order chi connectivity index (χ1) is 16.1. The smallest absolute Gasteiger partial charge is 0.328 e. The van der Waals surface area contributed by atoms with Gasteiger partial charge in [0.05, 0.1) is 12.6 Å². The van der Waals surface area contributed by atoms with E-state index in [0.717, 1.165) is 0 Å². The Labute approximate surface area is 190 Å². The SMILES string of the molecule is CC[C@H](CO)Nc1nc(Oc2c(F)c(F)c(F)c(F)c2F)nc(N(C)Cc2cccc(F)c2)n1. The maximum absolute atomic E-state index is 14.1. The van der Waals surface area contributed by atoms with E-state index in [0.29, 0.717) is 12.0 Å². The number of anilines is 2. The molecule has 0 aliphatic heterocycles. The molecular weight excluding hydrogens is 468 g/mol. The highest BCUT2D eigenvalue weighted by molar-refractivity contribution is 5.41. The molecule has 1 heterocycles. The fraction of sp³-hybridized carbons (Fsp3) is 0.286. The third-order valence-electron chi connectivity index (χ3n) is 4.66. The van der Waals surface area contributed by atoms with Gasteiger partial charge in [-0.25, -0.2) is 17.6 Å². The lowest BCUT2D eigenvalue weighted by Gasteiger charge is -2.20. The number of aliphatic hydroxyl groups excluding tert-OH is 1. The summed E-state index contributed by atoms with van der Waals surface area (Å²) in [5.41, 5.74) is 0.529. The number of hydrogen-bond donors (Lipinski definition) is 2. The van der Waals surface area contributed by atoms with Crippen LogP contribution in [0.15, 0.2) is 24.3 Å². The Kier molecular flexibility index (Phi) is 7.76. The van der Waals surface area contributed by atoms with Crippen molar-refractivity contribution in [3.63, 3.8) is 0 Å². The fourth-order valence-corrected chi connectivity index (χ4v) is 2.83. The van der Waals surface area contributed by atoms with Gasteiger partial charge in [-0.05, 0) is 24.1 Å². The molecule has 0 saturated heterocycles. The van der Waals surface area contributed by atoms with Crippen LogP contribution in [0.3, 0.4) is 0 Å². The molecule has 34 heavy (non-hydrogen) atoms. The molecule has 0 saturated carbocycles. The lowest BCUT2D eigenvalue weighted by molar-refractivity contribution is 0.271. The fourth-order valence-electron chi connectivity index (χ4n) is 2.83. The van der Waals surface area contributed by atoms with Gasteiger partial charge in [-0.15, -0.1) is 0 Å². The largest absolute Gasteiger partial charge is 0.418 e. The molecule has 2 aromatic carbocycles. The first-order valence-corrected chi connectivity index (χ1v) is 9.92. The monoisotopic (exact) mass is 487 g/mol. The second kappa shape index (κ2) is 10.5. The number of nitrogens with one attached hydrogen (secondary N) is 1. The highest BCUT2D eigenvalue weighted by atomic mass is 19.2. The van der Waals surface area contributed by atoms with Crippen LogP contribution in [0, 0.1) is 34.9 Å². The van der Waals surface area contributed by atoms with Crippen molar-refractivity contribution in [1.82, 2.24) is 15.0 Å². The van der Waals surface area contributed by atoms with Gasteiger partial charge < -0.3 is 20.1 Å². The topological polar surface area (TPSA) is 83.4 Å². The van der Waals surface area contributed by atoms with E-state index in [4.69, 9.17) is 4.74 Å². The molecule has 1 atom stereocenters. The summed E-state index contributed by atoms with van der Waals surface area (Å²) >= 11 is 0. The molecule has 1 aromatic heterocycles. The summed E-state index contributed by atoms with van der Waals surface area (Å²) in [7, 11) is 1.51. The summed E-state index contributed by atoms with van der Waals surface area (Å²) in [6, 6.07) is 4.33. The van der Waals surface area contributed by atoms with Gasteiger partial charge in [-0.2, -0.15) is 23.7 Å². The van der Waals surface area contributed by atoms with Crippen LogP contribution in [-0.2, 0) is 6.54 Å². The van der Waals surface area contributed by atoms with Gasteiger partial charge in [0.15, 0.2) is 0 Å². The summed E-state index contributed by atoms with van der Waals surface area (Å²) in [6.07, 6.45) is 0.435. The van der Waals surface area contributed by atoms with Crippen molar-refractivity contribution in [3.05, 3.63) is 64.7 Å². The third-order valence-corrected chi connectivity index (χ3v) is 4.66. The summed E-state index contributed by atoms with van der Waals surface area (Å²) < 4.78 is 87.0. The van der Waals surface area contributed by atoms with Gasteiger partial charge in [-0.1, -0.05) is 19.1 Å². The van der Waals surface area contributed by atoms with Crippen LogP contribution >= 0.6 is 0 Å². The Morgan fingerprint density at radius 1 is 0.971 bits per heavy atom. The van der Waals surface area contributed by atoms with Gasteiger partial charge in [0, 0.05) is 13.6 Å². The van der Waals surface area contributed by atoms with E-state index in [2.05, 4.69) is 20.3 Å². The maximum atomic E-state index is 14.1. The number of halogens is 6. The second-order valence-electron chi connectivity index (χ2n) is 7.16. The maximum Gasteiger partial charge on any atom is 0.328 e. The van der Waals surface area contributed by atoms with Crippen molar-refractivity contribution in [3.8, 4) is 11.8 Å². The number of ether oxygens (including phenoxy) is 1. The van der Waals surface area contributed by atoms with Crippen molar-refractivity contribution >= 4 is 11.9 Å². The van der Waals surface area contributed by atoms with E-state index in [1.165, 1.54) is 30.1 Å². The molecule has 2 N–H and O–H groups in total. The van der Waals surface area contributed by atoms with Crippen LogP contribution in [0.5, 0.6) is 11.8 Å². The molecule has 3 aromatic rings. The molecule has 0 spiro atoms. The first-order valence-electron chi connectivity index (χ1n) is 9.92. The van der Waals surface area contributed by atoms with E-state index in [1.54, 1.807) is 13.0 Å². The van der Waals surface area contributed by atoms with E-state index >= 15 is 0 Å². The van der Waals surface area contributed by atoms with Crippen molar-refractivity contribution < 1.29 is 36.2 Å². The third kappa shape index (κ3) is 5.47. The van der Waals surface area contributed by atoms with Crippen LogP contribution < -0.4 is 15.0 Å². The molecule has 0 radical (unpaired) electrons. The van der Waals surface area contributed by atoms with Gasteiger partial charge >= 0.3 is 6.01 Å². The van der Waals surface area contributed by atoms with E-state index < -0.39 is 52.7 Å². The Morgan fingerprint density at radius 3 is 2.21 bits per heavy atom. The molecule has 3 rings (SSSR count). The predicted molar refractivity (Wildman–Crippen MR) is 109 cm³/mol. The molecule has 182 valence electrons. The zero-order chi connectivity index (χ0) is 25.0. The molecule has 0 bridgehead atoms. The Bertz CT molecular complexity index is 1150. The molecule has 0 aliphatic carbocycles. The molecular formula is C21H19F6N5O2. The number of hydrogen-bond acceptors (Lipinski definition) is 7. The zero-order valence-corrected chi connectivity index (χ0v) is 17.9. The normalized spacial score (nSPS) is 11.9.